The number of hydrogen-bond donors (Lipinski definition) is 1. The zero-order valence-electron chi connectivity index (χ0n) is 8.06. The van der Waals surface area contributed by atoms with Gasteiger partial charge < -0.3 is 10.5 Å². The zero-order chi connectivity index (χ0) is 11.3. The Labute approximate surface area is 99.9 Å². The van der Waals surface area contributed by atoms with Gasteiger partial charge in [-0.2, -0.15) is 8.78 Å². The molecule has 1 heterocycles. The van der Waals surface area contributed by atoms with E-state index in [2.05, 4.69) is 0 Å². The fourth-order valence-corrected chi connectivity index (χ4v) is 2.03. The molecule has 1 aromatic rings. The molecule has 2 N–H and O–H groups in total. The lowest BCUT2D eigenvalue weighted by molar-refractivity contribution is -0.0214. The summed E-state index contributed by atoms with van der Waals surface area (Å²) in [5, 5.41) is 0. The van der Waals surface area contributed by atoms with E-state index < -0.39 is 16.1 Å². The Morgan fingerprint density at radius 2 is 2.20 bits per heavy atom. The van der Waals surface area contributed by atoms with E-state index >= 15 is 0 Å². The first-order chi connectivity index (χ1) is 6.82. The number of rotatable bonds is 1. The molecule has 1 aliphatic heterocycles. The molecule has 0 aromatic heterocycles. The van der Waals surface area contributed by atoms with E-state index in [4.69, 9.17) is 10.5 Å². The first kappa shape index (κ1) is 11.1. The molecule has 1 atom stereocenters. The monoisotopic (exact) mass is 325 g/mol. The van der Waals surface area contributed by atoms with Gasteiger partial charge in [0.15, 0.2) is 6.61 Å². The molecule has 0 amide bonds. The third kappa shape index (κ3) is 1.82. The Balaban J connectivity index is 2.60. The number of alkyl halides is 3. The van der Waals surface area contributed by atoms with Gasteiger partial charge in [-0.15, -0.1) is 0 Å². The van der Waals surface area contributed by atoms with Gasteiger partial charge in [0.2, 0.25) is 0 Å². The van der Waals surface area contributed by atoms with E-state index in [0.29, 0.717) is 5.56 Å². The van der Waals surface area contributed by atoms with E-state index in [1.54, 1.807) is 19.1 Å². The van der Waals surface area contributed by atoms with Gasteiger partial charge in [0.05, 0.1) is 9.11 Å². The van der Waals surface area contributed by atoms with E-state index in [9.17, 15) is 8.78 Å². The molecule has 1 aromatic carbocycles. The van der Waals surface area contributed by atoms with Crippen molar-refractivity contribution in [3.05, 3.63) is 29.3 Å². The largest absolute Gasteiger partial charge is 0.486 e. The van der Waals surface area contributed by atoms with Crippen LogP contribution in [0.1, 0.15) is 18.1 Å². The first-order valence-corrected chi connectivity index (χ1v) is 5.52. The molecule has 0 aliphatic carbocycles. The highest BCUT2D eigenvalue weighted by Gasteiger charge is 2.43. The maximum Gasteiger partial charge on any atom is 0.310 e. The SMILES string of the molecule is C[C@@](N)(I)c1cccc2c1OCC2(F)F. The topological polar surface area (TPSA) is 35.2 Å². The summed E-state index contributed by atoms with van der Waals surface area (Å²) < 4.78 is 31.0. The number of halogens is 3. The predicted molar refractivity (Wildman–Crippen MR) is 61.4 cm³/mol. The van der Waals surface area contributed by atoms with Gasteiger partial charge in [0, 0.05) is 5.56 Å². The van der Waals surface area contributed by atoms with Crippen LogP contribution in [0.5, 0.6) is 5.75 Å². The summed E-state index contributed by atoms with van der Waals surface area (Å²) in [6.45, 7) is 1.16. The molecule has 0 spiro atoms. The molecule has 15 heavy (non-hydrogen) atoms. The molecule has 0 radical (unpaired) electrons. The minimum atomic E-state index is -2.90. The minimum Gasteiger partial charge on any atom is -0.486 e. The average Bonchev–Trinajstić information content (AvgIpc) is 2.41. The molecule has 0 saturated carbocycles. The van der Waals surface area contributed by atoms with Gasteiger partial charge in [-0.3, -0.25) is 0 Å². The third-order valence-electron chi connectivity index (χ3n) is 2.33. The van der Waals surface area contributed by atoms with E-state index in [0.717, 1.165) is 0 Å². The van der Waals surface area contributed by atoms with E-state index in [-0.39, 0.29) is 11.3 Å². The molecule has 0 unspecified atom stereocenters. The highest BCUT2D eigenvalue weighted by molar-refractivity contribution is 14.1. The molecule has 0 fully saturated rings. The van der Waals surface area contributed by atoms with Gasteiger partial charge in [0.1, 0.15) is 5.75 Å². The molecule has 0 bridgehead atoms. The second kappa shape index (κ2) is 3.28. The summed E-state index contributed by atoms with van der Waals surface area (Å²) in [4.78, 5) is 0. The number of nitrogens with two attached hydrogens (primary N) is 1. The zero-order valence-corrected chi connectivity index (χ0v) is 10.2. The fraction of sp³-hybridized carbons (Fsp3) is 0.400. The Morgan fingerprint density at radius 1 is 1.53 bits per heavy atom. The lowest BCUT2D eigenvalue weighted by Crippen LogP contribution is -2.25. The van der Waals surface area contributed by atoms with Crippen LogP contribution < -0.4 is 10.5 Å². The fourth-order valence-electron chi connectivity index (χ4n) is 1.61. The molecule has 82 valence electrons. The molecular formula is C10H10F2INO. The van der Waals surface area contributed by atoms with E-state index in [1.165, 1.54) is 6.07 Å². The standard InChI is InChI=1S/C10H10F2INO/c1-9(13,14)6-3-2-4-7-8(6)15-5-10(7,11)12/h2-4H,5,14H2,1H3/t9-/m0/s1. The molecule has 0 saturated heterocycles. The Morgan fingerprint density at radius 3 is 2.80 bits per heavy atom. The van der Waals surface area contributed by atoms with Crippen molar-refractivity contribution in [1.82, 2.24) is 0 Å². The third-order valence-corrected chi connectivity index (χ3v) is 2.91. The quantitative estimate of drug-likeness (QED) is 0.490. The molecule has 2 nitrogen and oxygen atoms in total. The smallest absolute Gasteiger partial charge is 0.310 e. The second-order valence-electron chi connectivity index (χ2n) is 3.75. The van der Waals surface area contributed by atoms with Gasteiger partial charge >= 0.3 is 5.92 Å². The van der Waals surface area contributed by atoms with Crippen molar-refractivity contribution >= 4 is 22.6 Å². The lowest BCUT2D eigenvalue weighted by atomic mass is 10.0. The summed E-state index contributed by atoms with van der Waals surface area (Å²) in [5.74, 6) is -2.66. The number of benzene rings is 1. The van der Waals surface area contributed by atoms with Crippen molar-refractivity contribution in [1.29, 1.82) is 0 Å². The number of ether oxygens (including phenoxy) is 1. The van der Waals surface area contributed by atoms with Crippen molar-refractivity contribution in [2.45, 2.75) is 16.4 Å². The van der Waals surface area contributed by atoms with Crippen LogP contribution in [-0.4, -0.2) is 6.61 Å². The molecule has 1 aliphatic rings. The lowest BCUT2D eigenvalue weighted by Gasteiger charge is -2.19. The summed E-state index contributed by atoms with van der Waals surface area (Å²) >= 11 is 2.00. The summed E-state index contributed by atoms with van der Waals surface area (Å²) in [6, 6.07) is 4.68. The Hall–Kier alpha value is -0.430. The maximum atomic E-state index is 13.3. The Bertz CT molecular complexity index is 401. The van der Waals surface area contributed by atoms with Crippen LogP contribution in [0.15, 0.2) is 18.2 Å². The van der Waals surface area contributed by atoms with Crippen molar-refractivity contribution in [3.63, 3.8) is 0 Å². The van der Waals surface area contributed by atoms with E-state index in [1.807, 2.05) is 22.6 Å². The van der Waals surface area contributed by atoms with Crippen molar-refractivity contribution in [2.24, 2.45) is 5.73 Å². The number of hydrogen-bond acceptors (Lipinski definition) is 2. The maximum absolute atomic E-state index is 13.3. The summed E-state index contributed by atoms with van der Waals surface area (Å²) in [6.07, 6.45) is 0. The van der Waals surface area contributed by atoms with Gasteiger partial charge in [-0.25, -0.2) is 0 Å². The number of fused-ring (bicyclic) bond motifs is 1. The Kier molecular flexibility index (Phi) is 2.42. The predicted octanol–water partition coefficient (Wildman–Crippen LogP) is 2.74. The normalized spacial score (nSPS) is 21.7. The van der Waals surface area contributed by atoms with Crippen LogP contribution in [-0.2, 0) is 9.47 Å². The van der Waals surface area contributed by atoms with Crippen molar-refractivity contribution in [3.8, 4) is 5.75 Å². The first-order valence-electron chi connectivity index (χ1n) is 4.45. The highest BCUT2D eigenvalue weighted by atomic mass is 127. The number of para-hydroxylation sites is 1. The molecular weight excluding hydrogens is 315 g/mol. The van der Waals surface area contributed by atoms with Crippen molar-refractivity contribution in [2.75, 3.05) is 6.61 Å². The van der Waals surface area contributed by atoms with Gasteiger partial charge in [-0.1, -0.05) is 34.7 Å². The molecule has 5 heteroatoms. The minimum absolute atomic E-state index is 0.0617. The van der Waals surface area contributed by atoms with Crippen molar-refractivity contribution < 1.29 is 13.5 Å². The van der Waals surface area contributed by atoms with Crippen LogP contribution in [0.4, 0.5) is 8.78 Å². The second-order valence-corrected chi connectivity index (χ2v) is 5.99. The average molecular weight is 325 g/mol. The van der Waals surface area contributed by atoms with Crippen LogP contribution in [0.25, 0.3) is 0 Å². The van der Waals surface area contributed by atoms with Crippen LogP contribution in [0, 0.1) is 0 Å². The molecule has 2 rings (SSSR count). The van der Waals surface area contributed by atoms with Gasteiger partial charge in [-0.05, 0) is 13.0 Å². The van der Waals surface area contributed by atoms with Crippen LogP contribution in [0.3, 0.4) is 0 Å². The van der Waals surface area contributed by atoms with Crippen LogP contribution in [0.2, 0.25) is 0 Å². The van der Waals surface area contributed by atoms with Crippen LogP contribution >= 0.6 is 22.6 Å². The summed E-state index contributed by atoms with van der Waals surface area (Å²) in [5.41, 5.74) is 6.43. The van der Waals surface area contributed by atoms with Gasteiger partial charge in [0.25, 0.3) is 0 Å². The highest BCUT2D eigenvalue weighted by Crippen LogP contribution is 2.46. The summed E-state index contributed by atoms with van der Waals surface area (Å²) in [7, 11) is 0.